The third kappa shape index (κ3) is 1.70. The summed E-state index contributed by atoms with van der Waals surface area (Å²) >= 11 is 0. The lowest BCUT2D eigenvalue weighted by atomic mass is 9.78. The number of likely N-dealkylation sites (N-methyl/N-ethyl adjacent to an activating group) is 1. The van der Waals surface area contributed by atoms with Gasteiger partial charge in [-0.05, 0) is 30.7 Å². The predicted molar refractivity (Wildman–Crippen MR) is 51.5 cm³/mol. The molecule has 61 valence electrons. The molecule has 1 aliphatic heterocycles. The largest absolute Gasteiger partial charge is 0.396 e. The average molecular weight is 161 g/mol. The molecule has 6 heteroatoms. The Bertz CT molecular complexity index is 171. The lowest BCUT2D eigenvalue weighted by molar-refractivity contribution is 0.285. The smallest absolute Gasteiger partial charge is 0.140 e. The Morgan fingerprint density at radius 3 is 2.50 bits per heavy atom. The van der Waals surface area contributed by atoms with Gasteiger partial charge in [-0.3, -0.25) is 0 Å². The third-order valence-corrected chi connectivity index (χ3v) is 2.22. The second-order valence-electron chi connectivity index (χ2n) is 3.14. The molecule has 1 heterocycles. The molecule has 3 nitrogen and oxygen atoms in total. The highest BCUT2D eigenvalue weighted by atomic mass is 16.3. The van der Waals surface area contributed by atoms with Gasteiger partial charge in [0.2, 0.25) is 0 Å². The maximum Gasteiger partial charge on any atom is 0.140 e. The number of hydrogen-bond donors (Lipinski definition) is 3. The lowest BCUT2D eigenvalue weighted by Gasteiger charge is -2.22. The van der Waals surface area contributed by atoms with Gasteiger partial charge in [-0.1, -0.05) is 0 Å². The third-order valence-electron chi connectivity index (χ3n) is 2.22. The van der Waals surface area contributed by atoms with Crippen molar-refractivity contribution in [1.82, 2.24) is 10.6 Å². The molecular formula is C6H12B3N2O. The van der Waals surface area contributed by atoms with Crippen LogP contribution in [0.5, 0.6) is 0 Å². The SMILES string of the molecule is [B]C1(NC)[B]C1([B])NCCCO. The molecule has 12 heavy (non-hydrogen) atoms. The van der Waals surface area contributed by atoms with Gasteiger partial charge >= 0.3 is 0 Å². The number of hydrogen-bond acceptors (Lipinski definition) is 3. The predicted octanol–water partition coefficient (Wildman–Crippen LogP) is -2.46. The quantitative estimate of drug-likeness (QED) is 0.309. The van der Waals surface area contributed by atoms with Crippen LogP contribution >= 0.6 is 0 Å². The van der Waals surface area contributed by atoms with Gasteiger partial charge < -0.3 is 15.7 Å². The average Bonchev–Trinajstić information content (AvgIpc) is 2.57. The Hall–Kier alpha value is 0.0748. The Morgan fingerprint density at radius 1 is 1.42 bits per heavy atom. The van der Waals surface area contributed by atoms with Crippen molar-refractivity contribution < 1.29 is 5.11 Å². The Kier molecular flexibility index (Phi) is 2.91. The van der Waals surface area contributed by atoms with Crippen molar-refractivity contribution in [3.05, 3.63) is 0 Å². The summed E-state index contributed by atoms with van der Waals surface area (Å²) in [6.07, 6.45) is 0.687. The van der Waals surface area contributed by atoms with Crippen LogP contribution in [0, 0.1) is 0 Å². The van der Waals surface area contributed by atoms with Crippen molar-refractivity contribution in [3.63, 3.8) is 0 Å². The normalized spacial score (nSPS) is 39.2. The van der Waals surface area contributed by atoms with Crippen LogP contribution in [0.15, 0.2) is 0 Å². The van der Waals surface area contributed by atoms with E-state index in [0.29, 0.717) is 13.0 Å². The summed E-state index contributed by atoms with van der Waals surface area (Å²) < 4.78 is 0. The topological polar surface area (TPSA) is 44.3 Å². The van der Waals surface area contributed by atoms with E-state index in [2.05, 4.69) is 10.6 Å². The van der Waals surface area contributed by atoms with Crippen LogP contribution in [-0.4, -0.2) is 59.0 Å². The molecule has 1 saturated heterocycles. The Labute approximate surface area is 76.7 Å². The molecule has 1 aliphatic rings. The van der Waals surface area contributed by atoms with Crippen molar-refractivity contribution in [2.75, 3.05) is 20.2 Å². The molecule has 1 rings (SSSR count). The van der Waals surface area contributed by atoms with E-state index in [4.69, 9.17) is 20.8 Å². The first-order valence-corrected chi connectivity index (χ1v) is 4.07. The van der Waals surface area contributed by atoms with Gasteiger partial charge in [0.1, 0.15) is 7.28 Å². The van der Waals surface area contributed by atoms with Gasteiger partial charge in [-0.15, -0.1) is 0 Å². The molecule has 2 unspecified atom stereocenters. The monoisotopic (exact) mass is 161 g/mol. The molecule has 0 amide bonds. The number of nitrogens with one attached hydrogen (secondary N) is 2. The first-order chi connectivity index (χ1) is 5.58. The van der Waals surface area contributed by atoms with Crippen molar-refractivity contribution in [1.29, 1.82) is 0 Å². The van der Waals surface area contributed by atoms with Crippen LogP contribution in [0.25, 0.3) is 0 Å². The highest BCUT2D eigenvalue weighted by Crippen LogP contribution is 2.31. The van der Waals surface area contributed by atoms with E-state index in [1.807, 2.05) is 0 Å². The molecule has 5 radical (unpaired) electrons. The van der Waals surface area contributed by atoms with Gasteiger partial charge in [0.15, 0.2) is 0 Å². The summed E-state index contributed by atoms with van der Waals surface area (Å²) in [7, 11) is 15.2. The summed E-state index contributed by atoms with van der Waals surface area (Å²) in [6.45, 7) is 0.838. The molecule has 0 spiro atoms. The molecule has 0 aliphatic carbocycles. The first-order valence-electron chi connectivity index (χ1n) is 4.07. The summed E-state index contributed by atoms with van der Waals surface area (Å²) in [4.78, 5) is 0. The van der Waals surface area contributed by atoms with Crippen LogP contribution < -0.4 is 10.6 Å². The minimum absolute atomic E-state index is 0.167. The maximum absolute atomic E-state index is 8.53. The molecule has 0 aromatic heterocycles. The minimum Gasteiger partial charge on any atom is -0.396 e. The zero-order valence-electron chi connectivity index (χ0n) is 7.30. The van der Waals surface area contributed by atoms with Crippen molar-refractivity contribution in [3.8, 4) is 0 Å². The molecule has 0 bridgehead atoms. The van der Waals surface area contributed by atoms with Gasteiger partial charge in [0.25, 0.3) is 0 Å². The molecule has 0 aromatic rings. The standard InChI is InChI=1S/C6H12B3N2O/c1-10-5(7)6(8,9-5)11-3-2-4-12/h10-12H,2-4H2,1H3. The second kappa shape index (κ2) is 3.44. The fourth-order valence-corrected chi connectivity index (χ4v) is 1.17. The van der Waals surface area contributed by atoms with Gasteiger partial charge in [0.05, 0.1) is 15.7 Å². The van der Waals surface area contributed by atoms with E-state index in [9.17, 15) is 0 Å². The zero-order chi connectivity index (χ0) is 9.24. The van der Waals surface area contributed by atoms with E-state index in [-0.39, 0.29) is 6.61 Å². The number of aliphatic hydroxyl groups excluding tert-OH is 1. The summed E-state index contributed by atoms with van der Waals surface area (Å²) in [5.41, 5.74) is 0. The molecule has 0 saturated carbocycles. The lowest BCUT2D eigenvalue weighted by Crippen LogP contribution is -2.47. The fourth-order valence-electron chi connectivity index (χ4n) is 1.17. The maximum atomic E-state index is 8.53. The molecule has 1 fully saturated rings. The van der Waals surface area contributed by atoms with Crippen molar-refractivity contribution >= 4 is 23.0 Å². The van der Waals surface area contributed by atoms with Crippen LogP contribution in [0.4, 0.5) is 0 Å². The number of aliphatic hydroxyl groups is 1. The van der Waals surface area contributed by atoms with Gasteiger partial charge in [0, 0.05) is 6.61 Å². The minimum atomic E-state index is -0.614. The van der Waals surface area contributed by atoms with E-state index >= 15 is 0 Å². The van der Waals surface area contributed by atoms with Crippen LogP contribution in [0.2, 0.25) is 0 Å². The first kappa shape index (κ1) is 10.2. The highest BCUT2D eigenvalue weighted by Gasteiger charge is 2.58. The van der Waals surface area contributed by atoms with E-state index in [1.54, 1.807) is 14.3 Å². The van der Waals surface area contributed by atoms with Gasteiger partial charge in [-0.25, -0.2) is 0 Å². The van der Waals surface area contributed by atoms with Gasteiger partial charge in [-0.2, -0.15) is 0 Å². The molecule has 3 N–H and O–H groups in total. The van der Waals surface area contributed by atoms with Crippen LogP contribution in [0.3, 0.4) is 0 Å². The zero-order valence-corrected chi connectivity index (χ0v) is 7.30. The van der Waals surface area contributed by atoms with E-state index in [1.165, 1.54) is 0 Å². The Balaban J connectivity index is 2.25. The molecular weight excluding hydrogens is 149 g/mol. The fraction of sp³-hybridized carbons (Fsp3) is 1.00. The summed E-state index contributed by atoms with van der Waals surface area (Å²) in [5.74, 6) is 0. The van der Waals surface area contributed by atoms with Crippen LogP contribution in [0.1, 0.15) is 6.42 Å². The summed E-state index contributed by atoms with van der Waals surface area (Å²) in [6, 6.07) is 0. The second-order valence-corrected chi connectivity index (χ2v) is 3.14. The Morgan fingerprint density at radius 2 is 2.08 bits per heavy atom. The van der Waals surface area contributed by atoms with Crippen molar-refractivity contribution in [2.45, 2.75) is 17.1 Å². The van der Waals surface area contributed by atoms with E-state index < -0.39 is 10.7 Å². The van der Waals surface area contributed by atoms with Crippen LogP contribution in [-0.2, 0) is 0 Å². The molecule has 2 atom stereocenters. The summed E-state index contributed by atoms with van der Waals surface area (Å²) in [5, 5.41) is 13.3. The molecule has 0 aromatic carbocycles. The number of rotatable bonds is 5. The highest BCUT2D eigenvalue weighted by molar-refractivity contribution is 6.81. The van der Waals surface area contributed by atoms with Crippen molar-refractivity contribution in [2.24, 2.45) is 0 Å². The van der Waals surface area contributed by atoms with E-state index in [0.717, 1.165) is 0 Å².